The van der Waals surface area contributed by atoms with Crippen molar-refractivity contribution in [2.45, 2.75) is 71.3 Å². The molecule has 1 nitrogen and oxygen atoms in total. The molecule has 1 heteroatoms. The number of aliphatic hydroxyl groups excluding tert-OH is 1. The Morgan fingerprint density at radius 1 is 1.08 bits per heavy atom. The molecule has 0 saturated heterocycles. The molecule has 0 heterocycles. The molecule has 13 heavy (non-hydrogen) atoms. The minimum absolute atomic E-state index is 0.128. The molecule has 0 aromatic heterocycles. The highest BCUT2D eigenvalue weighted by Crippen LogP contribution is 2.09. The van der Waals surface area contributed by atoms with Crippen molar-refractivity contribution in [3.05, 3.63) is 6.42 Å². The fourth-order valence-electron chi connectivity index (χ4n) is 1.40. The second-order valence-electron chi connectivity index (χ2n) is 3.92. The zero-order valence-electron chi connectivity index (χ0n) is 9.26. The summed E-state index contributed by atoms with van der Waals surface area (Å²) >= 11 is 0. The van der Waals surface area contributed by atoms with Gasteiger partial charge < -0.3 is 5.11 Å². The van der Waals surface area contributed by atoms with Crippen LogP contribution in [0.3, 0.4) is 0 Å². The summed E-state index contributed by atoms with van der Waals surface area (Å²) < 4.78 is 0. The zero-order chi connectivity index (χ0) is 9.94. The van der Waals surface area contributed by atoms with Crippen molar-refractivity contribution in [2.75, 3.05) is 0 Å². The minimum atomic E-state index is -0.128. The van der Waals surface area contributed by atoms with E-state index in [-0.39, 0.29) is 6.10 Å². The highest BCUT2D eigenvalue weighted by molar-refractivity contribution is 4.65. The lowest BCUT2D eigenvalue weighted by molar-refractivity contribution is 0.184. The average Bonchev–Trinajstić information content (AvgIpc) is 2.09. The molecule has 79 valence electrons. The monoisotopic (exact) mass is 185 g/mol. The lowest BCUT2D eigenvalue weighted by Gasteiger charge is -2.03. The molecule has 1 unspecified atom stereocenters. The van der Waals surface area contributed by atoms with E-state index in [2.05, 4.69) is 13.3 Å². The summed E-state index contributed by atoms with van der Waals surface area (Å²) in [5, 5.41) is 9.01. The van der Waals surface area contributed by atoms with Gasteiger partial charge in [0.25, 0.3) is 0 Å². The molecule has 0 spiro atoms. The third kappa shape index (κ3) is 12.0. The SMILES string of the molecule is CCCCCCC[CH]CCC(C)O. The Kier molecular flexibility index (Phi) is 10.0. The standard InChI is InChI=1S/C12H25O/c1-3-4-5-6-7-8-9-10-11-12(2)13/h9,12-13H,3-8,10-11H2,1-2H3. The van der Waals surface area contributed by atoms with Gasteiger partial charge in [-0.15, -0.1) is 0 Å². The first-order valence-electron chi connectivity index (χ1n) is 5.77. The maximum Gasteiger partial charge on any atom is 0.0512 e. The molecule has 0 aliphatic rings. The van der Waals surface area contributed by atoms with Crippen LogP contribution in [0.1, 0.15) is 65.2 Å². The highest BCUT2D eigenvalue weighted by Gasteiger charge is 1.95. The van der Waals surface area contributed by atoms with Gasteiger partial charge >= 0.3 is 0 Å². The smallest absolute Gasteiger partial charge is 0.0512 e. The fraction of sp³-hybridized carbons (Fsp3) is 0.917. The van der Waals surface area contributed by atoms with Crippen LogP contribution in [-0.4, -0.2) is 11.2 Å². The van der Waals surface area contributed by atoms with E-state index < -0.39 is 0 Å². The Bertz CT molecular complexity index is 89.1. The Morgan fingerprint density at radius 2 is 1.77 bits per heavy atom. The van der Waals surface area contributed by atoms with Crippen molar-refractivity contribution in [1.29, 1.82) is 0 Å². The van der Waals surface area contributed by atoms with E-state index in [4.69, 9.17) is 5.11 Å². The molecule has 0 fully saturated rings. The molecule has 1 atom stereocenters. The van der Waals surface area contributed by atoms with Gasteiger partial charge in [0, 0.05) is 0 Å². The van der Waals surface area contributed by atoms with Crippen molar-refractivity contribution in [3.63, 3.8) is 0 Å². The summed E-state index contributed by atoms with van der Waals surface area (Å²) in [4.78, 5) is 0. The van der Waals surface area contributed by atoms with E-state index in [9.17, 15) is 0 Å². The number of hydrogen-bond donors (Lipinski definition) is 1. The van der Waals surface area contributed by atoms with Crippen molar-refractivity contribution in [1.82, 2.24) is 0 Å². The van der Waals surface area contributed by atoms with E-state index in [1.54, 1.807) is 0 Å². The summed E-state index contributed by atoms with van der Waals surface area (Å²) in [6.45, 7) is 4.10. The molecule has 0 amide bonds. The molecule has 0 aromatic rings. The number of unbranched alkanes of at least 4 members (excludes halogenated alkanes) is 7. The minimum Gasteiger partial charge on any atom is -0.393 e. The summed E-state index contributed by atoms with van der Waals surface area (Å²) in [7, 11) is 0. The average molecular weight is 185 g/mol. The van der Waals surface area contributed by atoms with Crippen LogP contribution in [0.5, 0.6) is 0 Å². The van der Waals surface area contributed by atoms with E-state index in [1.165, 1.54) is 38.5 Å². The van der Waals surface area contributed by atoms with E-state index >= 15 is 0 Å². The molecular formula is C12H25O. The van der Waals surface area contributed by atoms with Crippen LogP contribution < -0.4 is 0 Å². The van der Waals surface area contributed by atoms with Gasteiger partial charge in [-0.1, -0.05) is 45.4 Å². The first-order chi connectivity index (χ1) is 6.27. The Morgan fingerprint density at radius 3 is 2.38 bits per heavy atom. The Balaban J connectivity index is 2.84. The van der Waals surface area contributed by atoms with Crippen LogP contribution in [0.15, 0.2) is 0 Å². The van der Waals surface area contributed by atoms with Crippen molar-refractivity contribution >= 4 is 0 Å². The van der Waals surface area contributed by atoms with Gasteiger partial charge in [-0.25, -0.2) is 0 Å². The second kappa shape index (κ2) is 10.0. The highest BCUT2D eigenvalue weighted by atomic mass is 16.3. The van der Waals surface area contributed by atoms with Gasteiger partial charge in [-0.05, 0) is 26.2 Å². The largest absolute Gasteiger partial charge is 0.393 e. The summed E-state index contributed by atoms with van der Waals surface area (Å²) in [5.41, 5.74) is 0. The van der Waals surface area contributed by atoms with Crippen molar-refractivity contribution in [2.24, 2.45) is 0 Å². The molecule has 0 aromatic carbocycles. The van der Waals surface area contributed by atoms with Crippen molar-refractivity contribution in [3.8, 4) is 0 Å². The predicted molar refractivity (Wildman–Crippen MR) is 58.6 cm³/mol. The third-order valence-electron chi connectivity index (χ3n) is 2.30. The molecule has 0 bridgehead atoms. The lowest BCUT2D eigenvalue weighted by atomic mass is 10.1. The lowest BCUT2D eigenvalue weighted by Crippen LogP contribution is -1.98. The normalized spacial score (nSPS) is 13.2. The number of rotatable bonds is 9. The van der Waals surface area contributed by atoms with Crippen LogP contribution in [0.25, 0.3) is 0 Å². The topological polar surface area (TPSA) is 20.2 Å². The van der Waals surface area contributed by atoms with Gasteiger partial charge in [0.15, 0.2) is 0 Å². The van der Waals surface area contributed by atoms with Crippen LogP contribution in [0, 0.1) is 6.42 Å². The molecule has 0 rings (SSSR count). The number of aliphatic hydroxyl groups is 1. The van der Waals surface area contributed by atoms with E-state index in [0.29, 0.717) is 0 Å². The molecule has 1 radical (unpaired) electrons. The van der Waals surface area contributed by atoms with Crippen LogP contribution in [-0.2, 0) is 0 Å². The van der Waals surface area contributed by atoms with Crippen LogP contribution in [0.4, 0.5) is 0 Å². The zero-order valence-corrected chi connectivity index (χ0v) is 9.26. The Hall–Kier alpha value is -0.0400. The molecule has 0 aliphatic heterocycles. The first-order valence-corrected chi connectivity index (χ1v) is 5.77. The van der Waals surface area contributed by atoms with E-state index in [1.807, 2.05) is 6.92 Å². The van der Waals surface area contributed by atoms with E-state index in [0.717, 1.165) is 12.8 Å². The number of hydrogen-bond acceptors (Lipinski definition) is 1. The third-order valence-corrected chi connectivity index (χ3v) is 2.30. The Labute approximate surface area is 83.5 Å². The maximum atomic E-state index is 9.01. The predicted octanol–water partition coefficient (Wildman–Crippen LogP) is 3.71. The van der Waals surface area contributed by atoms with Crippen molar-refractivity contribution < 1.29 is 5.11 Å². The molecule has 0 saturated carbocycles. The molecule has 0 aliphatic carbocycles. The van der Waals surface area contributed by atoms with Gasteiger partial charge in [-0.2, -0.15) is 0 Å². The van der Waals surface area contributed by atoms with Gasteiger partial charge in [0.2, 0.25) is 0 Å². The summed E-state index contributed by atoms with van der Waals surface area (Å²) in [6, 6.07) is 0. The van der Waals surface area contributed by atoms with Crippen LogP contribution >= 0.6 is 0 Å². The van der Waals surface area contributed by atoms with Crippen LogP contribution in [0.2, 0.25) is 0 Å². The summed E-state index contributed by atoms with van der Waals surface area (Å²) in [6.07, 6.45) is 12.2. The van der Waals surface area contributed by atoms with Gasteiger partial charge in [-0.3, -0.25) is 0 Å². The molecule has 1 N–H and O–H groups in total. The fourth-order valence-corrected chi connectivity index (χ4v) is 1.40. The van der Waals surface area contributed by atoms with Gasteiger partial charge in [0.1, 0.15) is 0 Å². The summed E-state index contributed by atoms with van der Waals surface area (Å²) in [5.74, 6) is 0. The molecular weight excluding hydrogens is 160 g/mol. The van der Waals surface area contributed by atoms with Gasteiger partial charge in [0.05, 0.1) is 6.10 Å². The first kappa shape index (κ1) is 13.0. The maximum absolute atomic E-state index is 9.01. The second-order valence-corrected chi connectivity index (χ2v) is 3.92. The quantitative estimate of drug-likeness (QED) is 0.543.